The molecule has 1 saturated carbocycles. The van der Waals surface area contributed by atoms with E-state index in [4.69, 9.17) is 11.4 Å². The first-order chi connectivity index (χ1) is 13.8. The molecule has 5 heteroatoms. The van der Waals surface area contributed by atoms with Crippen molar-refractivity contribution < 1.29 is 0 Å². The van der Waals surface area contributed by atoms with Gasteiger partial charge in [0.1, 0.15) is 11.5 Å². The van der Waals surface area contributed by atoms with Crippen LogP contribution in [0.3, 0.4) is 0 Å². The lowest BCUT2D eigenvalue weighted by Crippen LogP contribution is -2.16. The lowest BCUT2D eigenvalue weighted by atomic mass is 10.2. The lowest BCUT2D eigenvalue weighted by Gasteiger charge is -2.14. The number of aromatic nitrogens is 3. The van der Waals surface area contributed by atoms with Crippen LogP contribution in [-0.4, -0.2) is 20.4 Å². The molecule has 0 spiro atoms. The van der Waals surface area contributed by atoms with Crippen LogP contribution in [0.15, 0.2) is 54.3 Å². The van der Waals surface area contributed by atoms with Crippen molar-refractivity contribution in [2.24, 2.45) is 0 Å². The second kappa shape index (κ2) is 7.14. The summed E-state index contributed by atoms with van der Waals surface area (Å²) in [6.45, 7) is 0. The van der Waals surface area contributed by atoms with Crippen LogP contribution in [0.5, 0.6) is 0 Å². The topological polar surface area (TPSA) is 42.2 Å². The van der Waals surface area contributed by atoms with E-state index in [0.717, 1.165) is 27.6 Å². The van der Waals surface area contributed by atoms with Gasteiger partial charge in [-0.05, 0) is 41.5 Å². The standard InChI is InChI=1S/C17H16N4S.C6H4/c1-2-12-7-10-22-16(12)15-17(19-13-5-3-4-6-13)21-9-8-18-11-14(21)20-15;1-2-5-4-6(5)3-1/h1,7-11,13,19H,3-6H2;1-4H. The van der Waals surface area contributed by atoms with Gasteiger partial charge in [-0.3, -0.25) is 9.38 Å². The Morgan fingerprint density at radius 3 is 2.68 bits per heavy atom. The molecule has 0 radical (unpaired) electrons. The number of terminal acetylenes is 1. The second-order valence-corrected chi connectivity index (χ2v) is 8.04. The van der Waals surface area contributed by atoms with E-state index in [0.29, 0.717) is 6.04 Å². The Labute approximate surface area is 168 Å². The van der Waals surface area contributed by atoms with Crippen LogP contribution >= 0.6 is 11.3 Å². The monoisotopic (exact) mass is 384 g/mol. The van der Waals surface area contributed by atoms with Gasteiger partial charge in [0, 0.05) is 24.0 Å². The van der Waals surface area contributed by atoms with Crippen molar-refractivity contribution in [1.29, 1.82) is 0 Å². The first-order valence-electron chi connectivity index (χ1n) is 9.57. The normalized spacial score (nSPS) is 14.4. The largest absolute Gasteiger partial charge is 0.367 e. The molecule has 0 unspecified atom stereocenters. The minimum Gasteiger partial charge on any atom is -0.367 e. The molecule has 1 fully saturated rings. The third-order valence-electron chi connectivity index (χ3n) is 5.27. The van der Waals surface area contributed by atoms with E-state index in [-0.39, 0.29) is 0 Å². The predicted octanol–water partition coefficient (Wildman–Crippen LogP) is 5.46. The maximum atomic E-state index is 5.63. The SMILES string of the molecule is C#Cc1ccsc1-c1nc2cnccn2c1NC1CCCC1.c1cc2cc-2c1. The highest BCUT2D eigenvalue weighted by Gasteiger charge is 2.22. The first kappa shape index (κ1) is 17.0. The van der Waals surface area contributed by atoms with Crippen molar-refractivity contribution in [2.45, 2.75) is 31.7 Å². The van der Waals surface area contributed by atoms with Crippen LogP contribution in [0, 0.1) is 12.3 Å². The molecule has 3 aromatic heterocycles. The number of nitrogens with one attached hydrogen (secondary N) is 1. The minimum absolute atomic E-state index is 0.515. The molecule has 3 aliphatic rings. The summed E-state index contributed by atoms with van der Waals surface area (Å²) in [6.07, 6.45) is 16.2. The van der Waals surface area contributed by atoms with Crippen molar-refractivity contribution >= 4 is 22.8 Å². The maximum absolute atomic E-state index is 5.63. The van der Waals surface area contributed by atoms with Gasteiger partial charge in [0.05, 0.1) is 11.1 Å². The fraction of sp³-hybridized carbons (Fsp3) is 0.217. The average Bonchev–Trinajstić information content (AvgIpc) is 3.28. The summed E-state index contributed by atoms with van der Waals surface area (Å²) in [6, 6.07) is 11.0. The molecule has 3 aliphatic carbocycles. The third kappa shape index (κ3) is 3.17. The Kier molecular flexibility index (Phi) is 4.34. The Hall–Kier alpha value is -3.10. The van der Waals surface area contributed by atoms with Gasteiger partial charge in [-0.1, -0.05) is 37.0 Å². The Morgan fingerprint density at radius 1 is 1.18 bits per heavy atom. The van der Waals surface area contributed by atoms with Crippen molar-refractivity contribution in [3.05, 3.63) is 59.9 Å². The smallest absolute Gasteiger partial charge is 0.157 e. The Morgan fingerprint density at radius 2 is 2.00 bits per heavy atom. The molecule has 0 saturated heterocycles. The summed E-state index contributed by atoms with van der Waals surface area (Å²) in [7, 11) is 0. The van der Waals surface area contributed by atoms with Gasteiger partial charge >= 0.3 is 0 Å². The number of benzene rings is 1. The number of thiophene rings is 1. The lowest BCUT2D eigenvalue weighted by molar-refractivity contribution is 0.749. The zero-order valence-electron chi connectivity index (χ0n) is 15.4. The van der Waals surface area contributed by atoms with E-state index in [1.54, 1.807) is 23.7 Å². The van der Waals surface area contributed by atoms with Gasteiger partial charge in [0.2, 0.25) is 0 Å². The maximum Gasteiger partial charge on any atom is 0.157 e. The van der Waals surface area contributed by atoms with Crippen LogP contribution < -0.4 is 5.32 Å². The fourth-order valence-corrected chi connectivity index (χ4v) is 4.60. The van der Waals surface area contributed by atoms with E-state index in [2.05, 4.69) is 44.9 Å². The quantitative estimate of drug-likeness (QED) is 0.420. The highest BCUT2D eigenvalue weighted by atomic mass is 32.1. The summed E-state index contributed by atoms with van der Waals surface area (Å²) < 4.78 is 2.07. The van der Waals surface area contributed by atoms with E-state index in [9.17, 15) is 0 Å². The number of imidazole rings is 1. The number of fused-ring (bicyclic) bond motifs is 2. The molecule has 3 heterocycles. The van der Waals surface area contributed by atoms with Gasteiger partial charge in [-0.15, -0.1) is 17.8 Å². The minimum atomic E-state index is 0.515. The fourth-order valence-electron chi connectivity index (χ4n) is 3.75. The molecule has 0 aromatic carbocycles. The summed E-state index contributed by atoms with van der Waals surface area (Å²) in [5, 5.41) is 5.70. The molecule has 0 atom stereocenters. The molecular formula is C23H20N4S. The van der Waals surface area contributed by atoms with Gasteiger partial charge in [-0.25, -0.2) is 4.98 Å². The van der Waals surface area contributed by atoms with Crippen molar-refractivity contribution in [3.8, 4) is 34.0 Å². The molecule has 138 valence electrons. The summed E-state index contributed by atoms with van der Waals surface area (Å²) in [5.41, 5.74) is 5.53. The molecular weight excluding hydrogens is 364 g/mol. The number of nitrogens with zero attached hydrogens (tertiary/aromatic N) is 3. The zero-order valence-corrected chi connectivity index (χ0v) is 16.2. The second-order valence-electron chi connectivity index (χ2n) is 7.13. The van der Waals surface area contributed by atoms with Crippen LogP contribution in [0.2, 0.25) is 0 Å². The van der Waals surface area contributed by atoms with E-state index in [1.807, 2.05) is 17.6 Å². The van der Waals surface area contributed by atoms with Crippen LogP contribution in [-0.2, 0) is 0 Å². The van der Waals surface area contributed by atoms with E-state index >= 15 is 0 Å². The first-order valence-corrected chi connectivity index (χ1v) is 10.4. The van der Waals surface area contributed by atoms with Crippen molar-refractivity contribution in [3.63, 3.8) is 0 Å². The molecule has 0 aliphatic heterocycles. The summed E-state index contributed by atoms with van der Waals surface area (Å²) in [5.74, 6) is 3.79. The summed E-state index contributed by atoms with van der Waals surface area (Å²) in [4.78, 5) is 9.98. The zero-order chi connectivity index (χ0) is 18.9. The molecule has 4 nitrogen and oxygen atoms in total. The number of anilines is 1. The average molecular weight is 385 g/mol. The summed E-state index contributed by atoms with van der Waals surface area (Å²) >= 11 is 1.64. The van der Waals surface area contributed by atoms with Crippen molar-refractivity contribution in [1.82, 2.24) is 14.4 Å². The van der Waals surface area contributed by atoms with Crippen molar-refractivity contribution in [2.75, 3.05) is 5.32 Å². The van der Waals surface area contributed by atoms with E-state index < -0.39 is 0 Å². The van der Waals surface area contributed by atoms with Gasteiger partial charge < -0.3 is 5.32 Å². The molecule has 0 amide bonds. The van der Waals surface area contributed by atoms with E-state index in [1.165, 1.54) is 36.8 Å². The third-order valence-corrected chi connectivity index (χ3v) is 6.20. The van der Waals surface area contributed by atoms with Gasteiger partial charge in [0.15, 0.2) is 5.65 Å². The highest BCUT2D eigenvalue weighted by Crippen LogP contribution is 2.36. The molecule has 28 heavy (non-hydrogen) atoms. The van der Waals surface area contributed by atoms with Crippen LogP contribution in [0.25, 0.3) is 27.3 Å². The van der Waals surface area contributed by atoms with Gasteiger partial charge in [0.25, 0.3) is 0 Å². The Bertz CT molecular complexity index is 1160. The highest BCUT2D eigenvalue weighted by molar-refractivity contribution is 7.13. The number of rotatable bonds is 3. The molecule has 0 bridgehead atoms. The van der Waals surface area contributed by atoms with Crippen LogP contribution in [0.4, 0.5) is 5.82 Å². The number of hydrogen-bond donors (Lipinski definition) is 1. The predicted molar refractivity (Wildman–Crippen MR) is 116 cm³/mol. The molecule has 3 aromatic rings. The number of hydrogen-bond acceptors (Lipinski definition) is 4. The molecule has 1 N–H and O–H groups in total. The van der Waals surface area contributed by atoms with Gasteiger partial charge in [-0.2, -0.15) is 0 Å². The molecule has 6 rings (SSSR count). The van der Waals surface area contributed by atoms with Crippen LogP contribution in [0.1, 0.15) is 31.2 Å². The Balaban J connectivity index is 0.000000239.